The number of hydrogen-bond donors (Lipinski definition) is 1. The van der Waals surface area contributed by atoms with Crippen LogP contribution in [0.4, 0.5) is 0 Å². The first-order chi connectivity index (χ1) is 8.79. The molecule has 0 atom stereocenters. The summed E-state index contributed by atoms with van der Waals surface area (Å²) in [6, 6.07) is 1.26. The molecular formula is C13H19NO4. The molecule has 2 rings (SSSR count). The molecule has 1 aliphatic rings. The largest absolute Gasteiger partial charge is 0.485 e. The molecule has 1 aromatic heterocycles. The molecule has 1 fully saturated rings. The van der Waals surface area contributed by atoms with Gasteiger partial charge in [-0.1, -0.05) is 6.42 Å². The van der Waals surface area contributed by atoms with Gasteiger partial charge < -0.3 is 14.3 Å². The molecule has 0 saturated carbocycles. The Morgan fingerprint density at radius 3 is 2.78 bits per heavy atom. The van der Waals surface area contributed by atoms with Crippen LogP contribution in [0.5, 0.6) is 5.75 Å². The standard InChI is InChI=1S/C13H19NO4/c15-9-11-8-12(16)13(10-18-11)17-7-6-14-4-2-1-3-5-14/h8,10,15H,1-7,9H2. The van der Waals surface area contributed by atoms with Gasteiger partial charge in [-0.2, -0.15) is 0 Å². The highest BCUT2D eigenvalue weighted by Gasteiger charge is 2.10. The molecule has 0 radical (unpaired) electrons. The second-order valence-corrected chi connectivity index (χ2v) is 4.48. The first kappa shape index (κ1) is 13.1. The van der Waals surface area contributed by atoms with E-state index in [1.54, 1.807) is 0 Å². The minimum atomic E-state index is -0.275. The van der Waals surface area contributed by atoms with Crippen LogP contribution in [0.1, 0.15) is 25.0 Å². The molecule has 1 aliphatic heterocycles. The Morgan fingerprint density at radius 1 is 1.33 bits per heavy atom. The first-order valence-corrected chi connectivity index (χ1v) is 6.37. The van der Waals surface area contributed by atoms with Crippen molar-refractivity contribution in [3.8, 4) is 5.75 Å². The summed E-state index contributed by atoms with van der Waals surface area (Å²) in [5, 5.41) is 8.82. The monoisotopic (exact) mass is 253 g/mol. The van der Waals surface area contributed by atoms with Crippen molar-refractivity contribution in [2.45, 2.75) is 25.9 Å². The lowest BCUT2D eigenvalue weighted by Crippen LogP contribution is -2.33. The van der Waals surface area contributed by atoms with Crippen molar-refractivity contribution in [1.82, 2.24) is 4.90 Å². The number of hydrogen-bond acceptors (Lipinski definition) is 5. The maximum Gasteiger partial charge on any atom is 0.227 e. The Bertz CT molecular complexity index is 423. The van der Waals surface area contributed by atoms with E-state index in [1.807, 2.05) is 0 Å². The highest BCUT2D eigenvalue weighted by Crippen LogP contribution is 2.09. The van der Waals surface area contributed by atoms with Crippen LogP contribution < -0.4 is 10.2 Å². The van der Waals surface area contributed by atoms with Crippen LogP contribution >= 0.6 is 0 Å². The summed E-state index contributed by atoms with van der Waals surface area (Å²) in [4.78, 5) is 13.9. The topological polar surface area (TPSA) is 62.9 Å². The third-order valence-corrected chi connectivity index (χ3v) is 3.12. The summed E-state index contributed by atoms with van der Waals surface area (Å²) in [6.45, 7) is 3.27. The molecule has 0 amide bonds. The molecule has 0 spiro atoms. The van der Waals surface area contributed by atoms with E-state index in [9.17, 15) is 4.79 Å². The Balaban J connectivity index is 1.80. The predicted octanol–water partition coefficient (Wildman–Crippen LogP) is 0.997. The fourth-order valence-electron chi connectivity index (χ4n) is 2.09. The van der Waals surface area contributed by atoms with Gasteiger partial charge >= 0.3 is 0 Å². The SMILES string of the molecule is O=c1cc(CO)occ1OCCN1CCCCC1. The van der Waals surface area contributed by atoms with Crippen LogP contribution in [0.3, 0.4) is 0 Å². The molecule has 5 heteroatoms. The lowest BCUT2D eigenvalue weighted by Gasteiger charge is -2.25. The summed E-state index contributed by atoms with van der Waals surface area (Å²) in [7, 11) is 0. The minimum Gasteiger partial charge on any atom is -0.485 e. The van der Waals surface area contributed by atoms with Gasteiger partial charge in [0.05, 0.1) is 0 Å². The molecule has 100 valence electrons. The van der Waals surface area contributed by atoms with Gasteiger partial charge in [-0.25, -0.2) is 0 Å². The number of piperidine rings is 1. The van der Waals surface area contributed by atoms with Crippen LogP contribution in [-0.2, 0) is 6.61 Å². The van der Waals surface area contributed by atoms with E-state index >= 15 is 0 Å². The molecule has 0 aromatic carbocycles. The lowest BCUT2D eigenvalue weighted by molar-refractivity contribution is 0.179. The van der Waals surface area contributed by atoms with E-state index in [2.05, 4.69) is 4.90 Å². The zero-order valence-electron chi connectivity index (χ0n) is 10.4. The molecule has 18 heavy (non-hydrogen) atoms. The van der Waals surface area contributed by atoms with E-state index in [0.717, 1.165) is 19.6 Å². The number of aliphatic hydroxyl groups excluding tert-OH is 1. The van der Waals surface area contributed by atoms with Crippen molar-refractivity contribution < 1.29 is 14.3 Å². The zero-order chi connectivity index (χ0) is 12.8. The fraction of sp³-hybridized carbons (Fsp3) is 0.615. The van der Waals surface area contributed by atoms with E-state index in [-0.39, 0.29) is 23.5 Å². The minimum absolute atomic E-state index is 0.212. The van der Waals surface area contributed by atoms with Crippen molar-refractivity contribution in [1.29, 1.82) is 0 Å². The molecule has 5 nitrogen and oxygen atoms in total. The number of rotatable bonds is 5. The summed E-state index contributed by atoms with van der Waals surface area (Å²) in [6.07, 6.45) is 5.06. The Kier molecular flexibility index (Phi) is 4.78. The van der Waals surface area contributed by atoms with Gasteiger partial charge in [-0.15, -0.1) is 0 Å². The summed E-state index contributed by atoms with van der Waals surface area (Å²) >= 11 is 0. The van der Waals surface area contributed by atoms with Crippen molar-refractivity contribution in [3.05, 3.63) is 28.3 Å². The zero-order valence-corrected chi connectivity index (χ0v) is 10.4. The van der Waals surface area contributed by atoms with Crippen LogP contribution in [0.15, 0.2) is 21.5 Å². The maximum atomic E-state index is 11.6. The van der Waals surface area contributed by atoms with Crippen LogP contribution in [0.2, 0.25) is 0 Å². The van der Waals surface area contributed by atoms with E-state index < -0.39 is 0 Å². The molecule has 1 aromatic rings. The van der Waals surface area contributed by atoms with Gasteiger partial charge in [0.2, 0.25) is 11.2 Å². The quantitative estimate of drug-likeness (QED) is 0.848. The second-order valence-electron chi connectivity index (χ2n) is 4.48. The predicted molar refractivity (Wildman–Crippen MR) is 66.7 cm³/mol. The molecule has 2 heterocycles. The highest BCUT2D eigenvalue weighted by molar-refractivity contribution is 5.17. The van der Waals surface area contributed by atoms with Gasteiger partial charge in [0.1, 0.15) is 25.2 Å². The average Bonchev–Trinajstić information content (AvgIpc) is 2.42. The molecule has 1 saturated heterocycles. The van der Waals surface area contributed by atoms with Crippen molar-refractivity contribution in [2.24, 2.45) is 0 Å². The third-order valence-electron chi connectivity index (χ3n) is 3.12. The van der Waals surface area contributed by atoms with Gasteiger partial charge in [-0.05, 0) is 25.9 Å². The van der Waals surface area contributed by atoms with Crippen molar-refractivity contribution >= 4 is 0 Å². The van der Waals surface area contributed by atoms with E-state index in [4.69, 9.17) is 14.3 Å². The Hall–Kier alpha value is -1.33. The third kappa shape index (κ3) is 3.58. The van der Waals surface area contributed by atoms with E-state index in [1.165, 1.54) is 31.6 Å². The van der Waals surface area contributed by atoms with Crippen LogP contribution in [-0.4, -0.2) is 36.2 Å². The van der Waals surface area contributed by atoms with Gasteiger partial charge in [0.15, 0.2) is 0 Å². The number of ether oxygens (including phenoxy) is 1. The van der Waals surface area contributed by atoms with Crippen LogP contribution in [0.25, 0.3) is 0 Å². The summed E-state index contributed by atoms with van der Waals surface area (Å²) in [5.41, 5.74) is -0.246. The number of likely N-dealkylation sites (tertiary alicyclic amines) is 1. The lowest BCUT2D eigenvalue weighted by atomic mass is 10.1. The van der Waals surface area contributed by atoms with Gasteiger partial charge in [-0.3, -0.25) is 9.69 Å². The molecular weight excluding hydrogens is 234 g/mol. The Morgan fingerprint density at radius 2 is 2.11 bits per heavy atom. The second kappa shape index (κ2) is 6.56. The highest BCUT2D eigenvalue weighted by atomic mass is 16.5. The fourth-order valence-corrected chi connectivity index (χ4v) is 2.09. The van der Waals surface area contributed by atoms with Crippen molar-refractivity contribution in [3.63, 3.8) is 0 Å². The summed E-state index contributed by atoms with van der Waals surface area (Å²) < 4.78 is 10.5. The molecule has 0 bridgehead atoms. The maximum absolute atomic E-state index is 11.6. The summed E-state index contributed by atoms with van der Waals surface area (Å²) in [5.74, 6) is 0.465. The number of nitrogens with zero attached hydrogens (tertiary/aromatic N) is 1. The van der Waals surface area contributed by atoms with Gasteiger partial charge in [0.25, 0.3) is 0 Å². The number of aliphatic hydroxyl groups is 1. The molecule has 0 aliphatic carbocycles. The van der Waals surface area contributed by atoms with E-state index in [0.29, 0.717) is 6.61 Å². The Labute approximate surface area is 106 Å². The average molecular weight is 253 g/mol. The van der Waals surface area contributed by atoms with Gasteiger partial charge in [0, 0.05) is 12.6 Å². The molecule has 1 N–H and O–H groups in total. The van der Waals surface area contributed by atoms with Crippen molar-refractivity contribution in [2.75, 3.05) is 26.2 Å². The molecule has 0 unspecified atom stereocenters. The smallest absolute Gasteiger partial charge is 0.227 e. The normalized spacial score (nSPS) is 16.7. The first-order valence-electron chi connectivity index (χ1n) is 6.37. The van der Waals surface area contributed by atoms with Crippen LogP contribution in [0, 0.1) is 0 Å².